The SMILES string of the molecule is O=S(=O)(/C=C1\CCCO1)c1ccccc1. The summed E-state index contributed by atoms with van der Waals surface area (Å²) in [5.41, 5.74) is 0. The molecule has 4 heteroatoms. The molecule has 2 rings (SSSR count). The van der Waals surface area contributed by atoms with Crippen molar-refractivity contribution in [3.63, 3.8) is 0 Å². The molecule has 1 aromatic rings. The predicted octanol–water partition coefficient (Wildman–Crippen LogP) is 2.11. The van der Waals surface area contributed by atoms with Crippen molar-refractivity contribution in [2.45, 2.75) is 17.7 Å². The maximum Gasteiger partial charge on any atom is 0.203 e. The van der Waals surface area contributed by atoms with Gasteiger partial charge in [-0.1, -0.05) is 18.2 Å². The quantitative estimate of drug-likeness (QED) is 0.772. The van der Waals surface area contributed by atoms with E-state index in [0.717, 1.165) is 6.42 Å². The number of allylic oxidation sites excluding steroid dienone is 1. The second kappa shape index (κ2) is 4.06. The first-order chi connectivity index (χ1) is 7.18. The van der Waals surface area contributed by atoms with Gasteiger partial charge in [-0.15, -0.1) is 0 Å². The zero-order valence-electron chi connectivity index (χ0n) is 8.22. The van der Waals surface area contributed by atoms with Crippen LogP contribution in [0, 0.1) is 0 Å². The van der Waals surface area contributed by atoms with Gasteiger partial charge in [0.15, 0.2) is 0 Å². The van der Waals surface area contributed by atoms with Crippen molar-refractivity contribution < 1.29 is 13.2 Å². The van der Waals surface area contributed by atoms with Crippen LogP contribution in [0.5, 0.6) is 0 Å². The molecule has 0 saturated carbocycles. The lowest BCUT2D eigenvalue weighted by Gasteiger charge is -2.00. The van der Waals surface area contributed by atoms with Crippen LogP contribution in [0.2, 0.25) is 0 Å². The monoisotopic (exact) mass is 224 g/mol. The molecule has 1 aliphatic heterocycles. The third-order valence-corrected chi connectivity index (χ3v) is 3.72. The van der Waals surface area contributed by atoms with Crippen molar-refractivity contribution in [1.29, 1.82) is 0 Å². The van der Waals surface area contributed by atoms with Crippen molar-refractivity contribution in [2.24, 2.45) is 0 Å². The molecule has 1 aromatic carbocycles. The highest BCUT2D eigenvalue weighted by Crippen LogP contribution is 2.20. The Balaban J connectivity index is 2.32. The number of hydrogen-bond donors (Lipinski definition) is 0. The van der Waals surface area contributed by atoms with Crippen LogP contribution in [0.15, 0.2) is 46.4 Å². The van der Waals surface area contributed by atoms with Gasteiger partial charge in [-0.05, 0) is 18.6 Å². The van der Waals surface area contributed by atoms with E-state index in [0.29, 0.717) is 23.7 Å². The van der Waals surface area contributed by atoms with Crippen LogP contribution in [0.3, 0.4) is 0 Å². The minimum absolute atomic E-state index is 0.313. The van der Waals surface area contributed by atoms with Gasteiger partial charge in [0.1, 0.15) is 5.76 Å². The second-order valence-electron chi connectivity index (χ2n) is 3.39. The molecule has 0 unspecified atom stereocenters. The number of sulfone groups is 1. The molecule has 1 saturated heterocycles. The summed E-state index contributed by atoms with van der Waals surface area (Å²) in [4.78, 5) is 0.313. The fourth-order valence-corrected chi connectivity index (χ4v) is 2.67. The lowest BCUT2D eigenvalue weighted by Crippen LogP contribution is -1.97. The lowest BCUT2D eigenvalue weighted by atomic mass is 10.3. The van der Waals surface area contributed by atoms with E-state index in [9.17, 15) is 8.42 Å². The van der Waals surface area contributed by atoms with E-state index in [1.807, 2.05) is 0 Å². The Hall–Kier alpha value is -1.29. The Kier molecular flexibility index (Phi) is 2.77. The maximum atomic E-state index is 11.8. The first-order valence-corrected chi connectivity index (χ1v) is 6.37. The topological polar surface area (TPSA) is 43.4 Å². The highest BCUT2D eigenvalue weighted by Gasteiger charge is 2.15. The van der Waals surface area contributed by atoms with Crippen LogP contribution in [-0.4, -0.2) is 15.0 Å². The van der Waals surface area contributed by atoms with E-state index in [1.165, 1.54) is 5.41 Å². The molecule has 0 spiro atoms. The number of benzene rings is 1. The second-order valence-corrected chi connectivity index (χ2v) is 5.19. The molecule has 0 N–H and O–H groups in total. The fourth-order valence-electron chi connectivity index (χ4n) is 1.47. The van der Waals surface area contributed by atoms with Crippen molar-refractivity contribution in [3.8, 4) is 0 Å². The molecule has 1 heterocycles. The maximum absolute atomic E-state index is 11.8. The zero-order chi connectivity index (χ0) is 10.7. The van der Waals surface area contributed by atoms with Crippen LogP contribution >= 0.6 is 0 Å². The van der Waals surface area contributed by atoms with Gasteiger partial charge in [0, 0.05) is 6.42 Å². The van der Waals surface area contributed by atoms with Crippen molar-refractivity contribution in [1.82, 2.24) is 0 Å². The van der Waals surface area contributed by atoms with E-state index < -0.39 is 9.84 Å². The van der Waals surface area contributed by atoms with E-state index in [-0.39, 0.29) is 0 Å². The molecular formula is C11H12O3S. The summed E-state index contributed by atoms with van der Waals surface area (Å²) in [6.07, 6.45) is 1.61. The third-order valence-electron chi connectivity index (χ3n) is 2.21. The molecule has 15 heavy (non-hydrogen) atoms. The first kappa shape index (κ1) is 10.2. The predicted molar refractivity (Wildman–Crippen MR) is 56.9 cm³/mol. The normalized spacial score (nSPS) is 19.1. The Morgan fingerprint density at radius 1 is 1.20 bits per heavy atom. The summed E-state index contributed by atoms with van der Waals surface area (Å²) in [5, 5.41) is 1.23. The van der Waals surface area contributed by atoms with Gasteiger partial charge in [0.25, 0.3) is 0 Å². The van der Waals surface area contributed by atoms with Crippen LogP contribution in [0.25, 0.3) is 0 Å². The van der Waals surface area contributed by atoms with E-state index in [2.05, 4.69) is 0 Å². The summed E-state index contributed by atoms with van der Waals surface area (Å²) >= 11 is 0. The minimum atomic E-state index is -3.33. The van der Waals surface area contributed by atoms with Gasteiger partial charge in [0.2, 0.25) is 9.84 Å². The molecule has 0 aliphatic carbocycles. The summed E-state index contributed by atoms with van der Waals surface area (Å²) in [7, 11) is -3.33. The molecule has 0 aromatic heterocycles. The number of hydrogen-bond acceptors (Lipinski definition) is 3. The molecule has 80 valence electrons. The smallest absolute Gasteiger partial charge is 0.203 e. The van der Waals surface area contributed by atoms with Gasteiger partial charge in [-0.25, -0.2) is 8.42 Å². The first-order valence-electron chi connectivity index (χ1n) is 4.82. The van der Waals surface area contributed by atoms with Gasteiger partial charge in [0.05, 0.1) is 16.9 Å². The third kappa shape index (κ3) is 2.39. The molecule has 1 aliphatic rings. The average Bonchev–Trinajstić information content (AvgIpc) is 2.71. The van der Waals surface area contributed by atoms with Gasteiger partial charge in [-0.2, -0.15) is 0 Å². The largest absolute Gasteiger partial charge is 0.497 e. The summed E-state index contributed by atoms with van der Waals surface area (Å²) in [6, 6.07) is 8.38. The Morgan fingerprint density at radius 3 is 2.53 bits per heavy atom. The Labute approximate surface area is 89.3 Å². The van der Waals surface area contributed by atoms with Gasteiger partial charge in [-0.3, -0.25) is 0 Å². The van der Waals surface area contributed by atoms with Crippen molar-refractivity contribution in [2.75, 3.05) is 6.61 Å². The summed E-state index contributed by atoms with van der Waals surface area (Å²) in [6.45, 7) is 0.621. The van der Waals surface area contributed by atoms with Gasteiger partial charge >= 0.3 is 0 Å². The number of rotatable bonds is 2. The van der Waals surface area contributed by atoms with E-state index in [1.54, 1.807) is 30.3 Å². The molecule has 1 fully saturated rings. The standard InChI is InChI=1S/C11H12O3S/c12-15(13,9-10-5-4-8-14-10)11-6-2-1-3-7-11/h1-3,6-7,9H,4-5,8H2/b10-9+. The molecule has 0 amide bonds. The zero-order valence-corrected chi connectivity index (χ0v) is 9.03. The lowest BCUT2D eigenvalue weighted by molar-refractivity contribution is 0.264. The highest BCUT2D eigenvalue weighted by atomic mass is 32.2. The van der Waals surface area contributed by atoms with Crippen LogP contribution < -0.4 is 0 Å². The minimum Gasteiger partial charge on any atom is -0.497 e. The van der Waals surface area contributed by atoms with Crippen LogP contribution in [0.4, 0.5) is 0 Å². The molecule has 0 radical (unpaired) electrons. The van der Waals surface area contributed by atoms with Crippen molar-refractivity contribution in [3.05, 3.63) is 41.5 Å². The molecule has 0 atom stereocenters. The van der Waals surface area contributed by atoms with E-state index >= 15 is 0 Å². The summed E-state index contributed by atoms with van der Waals surface area (Å²) in [5.74, 6) is 0.568. The fraction of sp³-hybridized carbons (Fsp3) is 0.273. The van der Waals surface area contributed by atoms with E-state index in [4.69, 9.17) is 4.74 Å². The highest BCUT2D eigenvalue weighted by molar-refractivity contribution is 7.94. The molecule has 3 nitrogen and oxygen atoms in total. The average molecular weight is 224 g/mol. The molecular weight excluding hydrogens is 212 g/mol. The number of ether oxygens (including phenoxy) is 1. The van der Waals surface area contributed by atoms with Crippen LogP contribution in [0.1, 0.15) is 12.8 Å². The Morgan fingerprint density at radius 2 is 1.93 bits per heavy atom. The molecule has 0 bridgehead atoms. The summed E-state index contributed by atoms with van der Waals surface area (Å²) < 4.78 is 28.9. The van der Waals surface area contributed by atoms with Crippen LogP contribution in [-0.2, 0) is 14.6 Å². The Bertz CT molecular complexity index is 452. The van der Waals surface area contributed by atoms with Crippen molar-refractivity contribution >= 4 is 9.84 Å². The van der Waals surface area contributed by atoms with Gasteiger partial charge < -0.3 is 4.74 Å².